The second kappa shape index (κ2) is 27.4. The molecule has 0 aliphatic carbocycles. The van der Waals surface area contributed by atoms with Gasteiger partial charge < -0.3 is 50.5 Å². The van der Waals surface area contributed by atoms with E-state index in [4.69, 9.17) is 9.47 Å². The molecule has 0 spiro atoms. The monoisotopic (exact) mass is 673 g/mol. The molecule has 1 rings (SSSR count). The van der Waals surface area contributed by atoms with Crippen LogP contribution in [0.3, 0.4) is 0 Å². The summed E-state index contributed by atoms with van der Waals surface area (Å²) in [6.45, 7) is 3.29. The van der Waals surface area contributed by atoms with Crippen molar-refractivity contribution >= 4 is 5.91 Å². The fourth-order valence-electron chi connectivity index (χ4n) is 5.57. The largest absolute Gasteiger partial charge is 0.394 e. The number of hydrogen-bond acceptors (Lipinski definition) is 10. The number of hydrogen-bond donors (Lipinski definition) is 8. The van der Waals surface area contributed by atoms with E-state index in [1.54, 1.807) is 0 Å². The van der Waals surface area contributed by atoms with Gasteiger partial charge >= 0.3 is 0 Å². The minimum atomic E-state index is -1.66. The van der Waals surface area contributed by atoms with E-state index in [2.05, 4.69) is 37.4 Å². The standard InChI is InChI=1S/C36H67NO10/c1-3-5-7-9-11-13-14-15-16-18-19-21-23-28(39)31(41)27(26-46-36-34(44)33(43)32(42)30(25-38)47-36)37-35(45)29(40)24-22-20-17-12-10-8-6-4-2/h11,13,16,18,27-34,36,38-44H,3-10,12,14-15,17,19-26H2,1-2H3,(H,37,45)/b13-11+,18-16+. The Hall–Kier alpha value is -1.41. The van der Waals surface area contributed by atoms with Crippen LogP contribution in [-0.2, 0) is 14.3 Å². The predicted molar refractivity (Wildman–Crippen MR) is 182 cm³/mol. The Morgan fingerprint density at radius 3 is 1.89 bits per heavy atom. The molecule has 0 radical (unpaired) electrons. The molecule has 9 unspecified atom stereocenters. The molecular weight excluding hydrogens is 606 g/mol. The quantitative estimate of drug-likeness (QED) is 0.0451. The van der Waals surface area contributed by atoms with E-state index in [1.165, 1.54) is 44.9 Å². The first-order valence-electron chi connectivity index (χ1n) is 18.2. The number of ether oxygens (including phenoxy) is 2. The average molecular weight is 674 g/mol. The lowest BCUT2D eigenvalue weighted by Gasteiger charge is -2.40. The van der Waals surface area contributed by atoms with Gasteiger partial charge in [0.05, 0.1) is 25.4 Å². The Morgan fingerprint density at radius 1 is 0.723 bits per heavy atom. The van der Waals surface area contributed by atoms with Crippen LogP contribution in [0.1, 0.15) is 129 Å². The number of aliphatic hydroxyl groups excluding tert-OH is 7. The van der Waals surface area contributed by atoms with E-state index in [0.717, 1.165) is 38.5 Å². The van der Waals surface area contributed by atoms with Gasteiger partial charge in [0, 0.05) is 0 Å². The number of rotatable bonds is 28. The molecule has 1 aliphatic heterocycles. The van der Waals surface area contributed by atoms with Crippen LogP contribution in [0.2, 0.25) is 0 Å². The summed E-state index contributed by atoms with van der Waals surface area (Å²) >= 11 is 0. The molecule has 276 valence electrons. The lowest BCUT2D eigenvalue weighted by atomic mass is 9.98. The van der Waals surface area contributed by atoms with Gasteiger partial charge in [-0.05, 0) is 51.4 Å². The predicted octanol–water partition coefficient (Wildman–Crippen LogP) is 3.54. The summed E-state index contributed by atoms with van der Waals surface area (Å²) < 4.78 is 11.0. The molecule has 8 N–H and O–H groups in total. The van der Waals surface area contributed by atoms with E-state index in [9.17, 15) is 40.5 Å². The number of allylic oxidation sites excluding steroid dienone is 4. The molecule has 1 saturated heterocycles. The van der Waals surface area contributed by atoms with Crippen LogP contribution >= 0.6 is 0 Å². The van der Waals surface area contributed by atoms with E-state index in [1.807, 2.05) is 6.08 Å². The third-order valence-electron chi connectivity index (χ3n) is 8.73. The zero-order valence-electron chi connectivity index (χ0n) is 29.0. The van der Waals surface area contributed by atoms with Gasteiger partial charge in [0.1, 0.15) is 36.6 Å². The van der Waals surface area contributed by atoms with Crippen molar-refractivity contribution in [1.82, 2.24) is 5.32 Å². The zero-order chi connectivity index (χ0) is 34.9. The van der Waals surface area contributed by atoms with Gasteiger partial charge in [-0.15, -0.1) is 0 Å². The van der Waals surface area contributed by atoms with Crippen molar-refractivity contribution in [2.45, 2.75) is 184 Å². The number of nitrogens with one attached hydrogen (secondary N) is 1. The number of carbonyl (C=O) groups excluding carboxylic acids is 1. The number of aliphatic hydroxyl groups is 7. The summed E-state index contributed by atoms with van der Waals surface area (Å²) in [5.41, 5.74) is 0. The van der Waals surface area contributed by atoms with Crippen molar-refractivity contribution in [1.29, 1.82) is 0 Å². The van der Waals surface area contributed by atoms with Crippen molar-refractivity contribution in [2.75, 3.05) is 13.2 Å². The third-order valence-corrected chi connectivity index (χ3v) is 8.73. The van der Waals surface area contributed by atoms with Crippen molar-refractivity contribution in [3.05, 3.63) is 24.3 Å². The second-order valence-electron chi connectivity index (χ2n) is 12.9. The molecule has 0 bridgehead atoms. The van der Waals surface area contributed by atoms with Gasteiger partial charge in [-0.2, -0.15) is 0 Å². The molecule has 0 aromatic heterocycles. The molecule has 0 aromatic carbocycles. The van der Waals surface area contributed by atoms with Crippen LogP contribution in [0.5, 0.6) is 0 Å². The van der Waals surface area contributed by atoms with Crippen molar-refractivity contribution < 1.29 is 50.0 Å². The molecule has 0 aromatic rings. The summed E-state index contributed by atoms with van der Waals surface area (Å²) in [5, 5.41) is 74.8. The van der Waals surface area contributed by atoms with Gasteiger partial charge in [-0.1, -0.05) is 102 Å². The maximum atomic E-state index is 12.9. The summed E-state index contributed by atoms with van der Waals surface area (Å²) in [6.07, 6.45) is 14.1. The summed E-state index contributed by atoms with van der Waals surface area (Å²) in [6, 6.07) is -1.18. The highest BCUT2D eigenvalue weighted by Crippen LogP contribution is 2.23. The smallest absolute Gasteiger partial charge is 0.249 e. The number of amides is 1. The van der Waals surface area contributed by atoms with Crippen LogP contribution in [0.4, 0.5) is 0 Å². The van der Waals surface area contributed by atoms with Gasteiger partial charge in [0.25, 0.3) is 0 Å². The van der Waals surface area contributed by atoms with Crippen LogP contribution in [-0.4, -0.2) is 110 Å². The van der Waals surface area contributed by atoms with Gasteiger partial charge in [-0.25, -0.2) is 0 Å². The second-order valence-corrected chi connectivity index (χ2v) is 12.9. The summed E-state index contributed by atoms with van der Waals surface area (Å²) in [4.78, 5) is 12.9. The molecule has 1 heterocycles. The molecule has 1 amide bonds. The highest BCUT2D eigenvalue weighted by molar-refractivity contribution is 5.80. The van der Waals surface area contributed by atoms with Crippen LogP contribution in [0, 0.1) is 0 Å². The van der Waals surface area contributed by atoms with E-state index in [0.29, 0.717) is 19.3 Å². The first-order chi connectivity index (χ1) is 22.7. The zero-order valence-corrected chi connectivity index (χ0v) is 29.0. The maximum Gasteiger partial charge on any atom is 0.249 e. The van der Waals surface area contributed by atoms with Crippen LogP contribution in [0.15, 0.2) is 24.3 Å². The number of unbranched alkanes of at least 4 members (excludes halogenated alkanes) is 12. The molecule has 1 aliphatic rings. The molecule has 47 heavy (non-hydrogen) atoms. The highest BCUT2D eigenvalue weighted by Gasteiger charge is 2.44. The molecular formula is C36H67NO10. The average Bonchev–Trinajstić information content (AvgIpc) is 3.07. The first-order valence-corrected chi connectivity index (χ1v) is 18.2. The van der Waals surface area contributed by atoms with Gasteiger partial charge in [0.15, 0.2) is 6.29 Å². The lowest BCUT2D eigenvalue weighted by Crippen LogP contribution is -2.60. The summed E-state index contributed by atoms with van der Waals surface area (Å²) in [5.74, 6) is -0.719. The first kappa shape index (κ1) is 43.6. The topological polar surface area (TPSA) is 189 Å². The van der Waals surface area contributed by atoms with Crippen LogP contribution in [0.25, 0.3) is 0 Å². The molecule has 11 nitrogen and oxygen atoms in total. The van der Waals surface area contributed by atoms with Crippen molar-refractivity contribution in [3.8, 4) is 0 Å². The Bertz CT molecular complexity index is 826. The lowest BCUT2D eigenvalue weighted by molar-refractivity contribution is -0.303. The summed E-state index contributed by atoms with van der Waals surface area (Å²) in [7, 11) is 0. The third kappa shape index (κ3) is 18.8. The molecule has 9 atom stereocenters. The van der Waals surface area contributed by atoms with Gasteiger partial charge in [-0.3, -0.25) is 4.79 Å². The Kier molecular flexibility index (Phi) is 25.4. The Labute approximate surface area is 283 Å². The normalized spacial score (nSPS) is 24.5. The van der Waals surface area contributed by atoms with Crippen molar-refractivity contribution in [3.63, 3.8) is 0 Å². The van der Waals surface area contributed by atoms with E-state index >= 15 is 0 Å². The Morgan fingerprint density at radius 2 is 1.28 bits per heavy atom. The maximum absolute atomic E-state index is 12.9. The minimum Gasteiger partial charge on any atom is -0.394 e. The minimum absolute atomic E-state index is 0.246. The molecule has 11 heteroatoms. The van der Waals surface area contributed by atoms with Gasteiger partial charge in [0.2, 0.25) is 5.91 Å². The highest BCUT2D eigenvalue weighted by atomic mass is 16.7. The van der Waals surface area contributed by atoms with Crippen LogP contribution < -0.4 is 5.32 Å². The van der Waals surface area contributed by atoms with Crippen molar-refractivity contribution in [2.24, 2.45) is 0 Å². The number of carbonyl (C=O) groups is 1. The molecule has 0 saturated carbocycles. The molecule has 1 fully saturated rings. The van der Waals surface area contributed by atoms with E-state index in [-0.39, 0.29) is 12.8 Å². The van der Waals surface area contributed by atoms with E-state index < -0.39 is 74.2 Å². The Balaban J connectivity index is 2.65. The SMILES string of the molecule is CCCCC/C=C/CC/C=C/CCCC(O)C(O)C(COC1OC(CO)C(O)C(O)C1O)NC(=O)C(O)CCCCCCCCCC. The fraction of sp³-hybridized carbons (Fsp3) is 0.861. The fourth-order valence-corrected chi connectivity index (χ4v) is 5.57.